The lowest BCUT2D eigenvalue weighted by molar-refractivity contribution is -0.116. The van der Waals surface area contributed by atoms with Crippen molar-refractivity contribution in [2.45, 2.75) is 31.7 Å². The van der Waals surface area contributed by atoms with Crippen molar-refractivity contribution in [3.8, 4) is 0 Å². The Morgan fingerprint density at radius 3 is 2.92 bits per heavy atom. The smallest absolute Gasteiger partial charge is 0.255 e. The summed E-state index contributed by atoms with van der Waals surface area (Å²) in [4.78, 5) is 31.7. The molecule has 8 heteroatoms. The molecular formula is C18H19FN4O3. The zero-order valence-corrected chi connectivity index (χ0v) is 14.3. The van der Waals surface area contributed by atoms with Gasteiger partial charge in [0.25, 0.3) is 5.91 Å². The summed E-state index contributed by atoms with van der Waals surface area (Å²) >= 11 is 0. The van der Waals surface area contributed by atoms with Crippen LogP contribution in [0, 0.1) is 12.7 Å². The number of aromatic amines is 1. The number of benzene rings is 1. The third-order valence-electron chi connectivity index (χ3n) is 4.86. The van der Waals surface area contributed by atoms with Gasteiger partial charge in [-0.15, -0.1) is 0 Å². The van der Waals surface area contributed by atoms with Gasteiger partial charge in [0.1, 0.15) is 17.2 Å². The quantitative estimate of drug-likeness (QED) is 0.779. The second-order valence-corrected chi connectivity index (χ2v) is 6.79. The number of ether oxygens (including phenoxy) is 1. The van der Waals surface area contributed by atoms with Crippen LogP contribution >= 0.6 is 0 Å². The number of aryl methyl sites for hydroxylation is 2. The highest BCUT2D eigenvalue weighted by Gasteiger charge is 2.41. The van der Waals surface area contributed by atoms with E-state index in [1.165, 1.54) is 12.1 Å². The Bertz CT molecular complexity index is 887. The Hall–Kier alpha value is -2.74. The second-order valence-electron chi connectivity index (χ2n) is 6.79. The molecule has 3 heterocycles. The predicted octanol–water partition coefficient (Wildman–Crippen LogP) is 1.79. The highest BCUT2D eigenvalue weighted by Crippen LogP contribution is 2.30. The topological polar surface area (TPSA) is 96.1 Å². The first-order valence-corrected chi connectivity index (χ1v) is 8.51. The number of H-pyrrole nitrogens is 1. The van der Waals surface area contributed by atoms with Crippen molar-refractivity contribution in [1.29, 1.82) is 0 Å². The van der Waals surface area contributed by atoms with Gasteiger partial charge in [-0.25, -0.2) is 9.37 Å². The second kappa shape index (κ2) is 6.21. The van der Waals surface area contributed by atoms with Crippen LogP contribution in [0.5, 0.6) is 0 Å². The molecule has 0 saturated carbocycles. The lowest BCUT2D eigenvalue weighted by Crippen LogP contribution is -2.47. The van der Waals surface area contributed by atoms with E-state index in [0.717, 1.165) is 11.3 Å². The molecule has 0 spiro atoms. The Morgan fingerprint density at radius 1 is 1.38 bits per heavy atom. The molecule has 136 valence electrons. The van der Waals surface area contributed by atoms with Gasteiger partial charge < -0.3 is 20.4 Å². The van der Waals surface area contributed by atoms with Crippen molar-refractivity contribution < 1.29 is 18.7 Å². The molecule has 7 nitrogen and oxygen atoms in total. The minimum Gasteiger partial charge on any atom is -0.378 e. The minimum absolute atomic E-state index is 0.0468. The Balaban J connectivity index is 1.64. The van der Waals surface area contributed by atoms with E-state index in [-0.39, 0.29) is 18.1 Å². The number of fused-ring (bicyclic) bond motifs is 1. The van der Waals surface area contributed by atoms with Crippen molar-refractivity contribution in [2.75, 3.05) is 18.5 Å². The number of amides is 2. The number of nitrogens with zero attached hydrogens (tertiary/aromatic N) is 1. The van der Waals surface area contributed by atoms with Crippen LogP contribution in [0.25, 0.3) is 0 Å². The van der Waals surface area contributed by atoms with E-state index in [4.69, 9.17) is 4.74 Å². The van der Waals surface area contributed by atoms with Crippen LogP contribution in [-0.4, -0.2) is 35.0 Å². The molecule has 2 aliphatic heterocycles. The van der Waals surface area contributed by atoms with E-state index < -0.39 is 17.3 Å². The molecule has 1 fully saturated rings. The maximum Gasteiger partial charge on any atom is 0.255 e. The normalized spacial score (nSPS) is 22.0. The SMILES string of the molecule is Cc1cnc(C2(NC(=O)c3cc4c(cc3F)NC(=O)CC4)CCOC2)[nH]1. The molecule has 2 aliphatic rings. The van der Waals surface area contributed by atoms with E-state index >= 15 is 0 Å². The lowest BCUT2D eigenvalue weighted by atomic mass is 9.95. The van der Waals surface area contributed by atoms with Crippen molar-refractivity contribution in [3.63, 3.8) is 0 Å². The van der Waals surface area contributed by atoms with Gasteiger partial charge in [0.15, 0.2) is 0 Å². The van der Waals surface area contributed by atoms with Crippen LogP contribution < -0.4 is 10.6 Å². The fourth-order valence-electron chi connectivity index (χ4n) is 3.43. The Morgan fingerprint density at radius 2 is 2.23 bits per heavy atom. The van der Waals surface area contributed by atoms with Crippen LogP contribution in [0.3, 0.4) is 0 Å². The van der Waals surface area contributed by atoms with Crippen LogP contribution in [0.4, 0.5) is 10.1 Å². The number of hydrogen-bond donors (Lipinski definition) is 3. The monoisotopic (exact) mass is 358 g/mol. The molecule has 0 aliphatic carbocycles. The van der Waals surface area contributed by atoms with Crippen molar-refractivity contribution in [1.82, 2.24) is 15.3 Å². The molecular weight excluding hydrogens is 339 g/mol. The van der Waals surface area contributed by atoms with Gasteiger partial charge in [-0.05, 0) is 31.0 Å². The molecule has 4 rings (SSSR count). The van der Waals surface area contributed by atoms with E-state index in [9.17, 15) is 14.0 Å². The van der Waals surface area contributed by atoms with Crippen molar-refractivity contribution in [2.24, 2.45) is 0 Å². The molecule has 2 amide bonds. The lowest BCUT2D eigenvalue weighted by Gasteiger charge is -2.27. The Labute approximate surface area is 149 Å². The summed E-state index contributed by atoms with van der Waals surface area (Å²) < 4.78 is 20.0. The number of halogens is 1. The van der Waals surface area contributed by atoms with Gasteiger partial charge in [-0.1, -0.05) is 0 Å². The van der Waals surface area contributed by atoms with Gasteiger partial charge in [-0.3, -0.25) is 9.59 Å². The maximum absolute atomic E-state index is 14.5. The summed E-state index contributed by atoms with van der Waals surface area (Å²) in [5.41, 5.74) is 1.20. The number of imidazole rings is 1. The van der Waals surface area contributed by atoms with Gasteiger partial charge in [0.2, 0.25) is 5.91 Å². The number of anilines is 1. The van der Waals surface area contributed by atoms with Crippen LogP contribution in [0.1, 0.15) is 40.3 Å². The first kappa shape index (κ1) is 16.7. The zero-order valence-electron chi connectivity index (χ0n) is 14.3. The average Bonchev–Trinajstić information content (AvgIpc) is 3.24. The van der Waals surface area contributed by atoms with E-state index in [0.29, 0.717) is 37.4 Å². The third-order valence-corrected chi connectivity index (χ3v) is 4.86. The summed E-state index contributed by atoms with van der Waals surface area (Å²) in [6.45, 7) is 2.63. The summed E-state index contributed by atoms with van der Waals surface area (Å²) in [6.07, 6.45) is 3.04. The summed E-state index contributed by atoms with van der Waals surface area (Å²) in [7, 11) is 0. The van der Waals surface area contributed by atoms with Gasteiger partial charge in [-0.2, -0.15) is 0 Å². The number of aromatic nitrogens is 2. The van der Waals surface area contributed by atoms with E-state index in [2.05, 4.69) is 20.6 Å². The molecule has 1 saturated heterocycles. The highest BCUT2D eigenvalue weighted by molar-refractivity contribution is 5.98. The fourth-order valence-corrected chi connectivity index (χ4v) is 3.43. The molecule has 1 aromatic carbocycles. The number of nitrogens with one attached hydrogen (secondary N) is 3. The molecule has 1 atom stereocenters. The number of rotatable bonds is 3. The van der Waals surface area contributed by atoms with E-state index in [1.54, 1.807) is 6.20 Å². The van der Waals surface area contributed by atoms with Crippen LogP contribution in [-0.2, 0) is 21.5 Å². The summed E-state index contributed by atoms with van der Waals surface area (Å²) in [6, 6.07) is 2.71. The fraction of sp³-hybridized carbons (Fsp3) is 0.389. The maximum atomic E-state index is 14.5. The van der Waals surface area contributed by atoms with Gasteiger partial charge in [0.05, 0.1) is 12.2 Å². The first-order chi connectivity index (χ1) is 12.5. The van der Waals surface area contributed by atoms with Crippen LogP contribution in [0.2, 0.25) is 0 Å². The molecule has 3 N–H and O–H groups in total. The van der Waals surface area contributed by atoms with Gasteiger partial charge >= 0.3 is 0 Å². The molecule has 2 aromatic rings. The molecule has 1 unspecified atom stereocenters. The van der Waals surface area contributed by atoms with Crippen LogP contribution in [0.15, 0.2) is 18.3 Å². The molecule has 26 heavy (non-hydrogen) atoms. The first-order valence-electron chi connectivity index (χ1n) is 8.51. The van der Waals surface area contributed by atoms with E-state index in [1.807, 2.05) is 6.92 Å². The molecule has 0 bridgehead atoms. The van der Waals surface area contributed by atoms with Crippen molar-refractivity contribution >= 4 is 17.5 Å². The van der Waals surface area contributed by atoms with Gasteiger partial charge in [0, 0.05) is 37.0 Å². The molecule has 1 aromatic heterocycles. The minimum atomic E-state index is -0.804. The summed E-state index contributed by atoms with van der Waals surface area (Å²) in [5, 5.41) is 5.54. The van der Waals surface area contributed by atoms with Crippen molar-refractivity contribution in [3.05, 3.63) is 46.8 Å². The number of carbonyl (C=O) groups excluding carboxylic acids is 2. The predicted molar refractivity (Wildman–Crippen MR) is 91.3 cm³/mol. The Kier molecular flexibility index (Phi) is 3.99. The molecule has 0 radical (unpaired) electrons. The zero-order chi connectivity index (χ0) is 18.3. The third kappa shape index (κ3) is 2.86. The number of carbonyl (C=O) groups is 2. The standard InChI is InChI=1S/C18H19FN4O3/c1-10-8-20-17(21-10)18(4-5-26-9-18)23-16(25)12-6-11-2-3-15(24)22-14(11)7-13(12)19/h6-8H,2-5,9H2,1H3,(H,20,21)(H,22,24)(H,23,25). The summed E-state index contributed by atoms with van der Waals surface area (Å²) in [5.74, 6) is -0.745. The largest absolute Gasteiger partial charge is 0.378 e. The number of hydrogen-bond acceptors (Lipinski definition) is 4. The highest BCUT2D eigenvalue weighted by atomic mass is 19.1. The average molecular weight is 358 g/mol.